The summed E-state index contributed by atoms with van der Waals surface area (Å²) in [5.41, 5.74) is 5.73. The zero-order valence-corrected chi connectivity index (χ0v) is 22.7. The number of likely N-dealkylation sites (tertiary alicyclic amines) is 1. The number of hydrogen-bond acceptors (Lipinski definition) is 3. The summed E-state index contributed by atoms with van der Waals surface area (Å²) < 4.78 is 0. The molecule has 37 heavy (non-hydrogen) atoms. The number of hydrogen-bond donors (Lipinski definition) is 1. The van der Waals surface area contributed by atoms with Gasteiger partial charge in [0.05, 0.1) is 6.42 Å². The van der Waals surface area contributed by atoms with E-state index < -0.39 is 5.97 Å². The number of carbonyl (C=O) groups excluding carboxylic acids is 1. The molecule has 2 fully saturated rings. The molecule has 2 aromatic rings. The second kappa shape index (κ2) is 12.6. The summed E-state index contributed by atoms with van der Waals surface area (Å²) in [6, 6.07) is 14.6. The lowest BCUT2D eigenvalue weighted by molar-refractivity contribution is -0.132. The van der Waals surface area contributed by atoms with Crippen LogP contribution in [0.25, 0.3) is 17.2 Å². The molecule has 1 atom stereocenters. The van der Waals surface area contributed by atoms with E-state index in [4.69, 9.17) is 0 Å². The number of amides is 1. The van der Waals surface area contributed by atoms with E-state index >= 15 is 0 Å². The van der Waals surface area contributed by atoms with E-state index in [1.165, 1.54) is 31.2 Å². The van der Waals surface area contributed by atoms with Crippen molar-refractivity contribution in [3.8, 4) is 11.1 Å². The number of aliphatic carboxylic acids is 1. The minimum absolute atomic E-state index is 0.121. The molecule has 1 aliphatic heterocycles. The molecule has 0 bridgehead atoms. The van der Waals surface area contributed by atoms with Gasteiger partial charge in [0, 0.05) is 25.7 Å². The van der Waals surface area contributed by atoms with Crippen LogP contribution in [0.15, 0.2) is 48.0 Å². The third-order valence-electron chi connectivity index (χ3n) is 8.12. The van der Waals surface area contributed by atoms with Crippen molar-refractivity contribution in [2.75, 3.05) is 33.7 Å². The maximum absolute atomic E-state index is 13.6. The molecule has 5 heteroatoms. The molecule has 198 valence electrons. The highest BCUT2D eigenvalue weighted by Gasteiger charge is 2.25. The Balaban J connectivity index is 1.73. The Morgan fingerprint density at radius 3 is 2.46 bits per heavy atom. The van der Waals surface area contributed by atoms with Gasteiger partial charge in [-0.25, -0.2) is 4.79 Å². The van der Waals surface area contributed by atoms with Crippen LogP contribution in [0.5, 0.6) is 0 Å². The third kappa shape index (κ3) is 7.10. The van der Waals surface area contributed by atoms with Crippen LogP contribution in [-0.4, -0.2) is 60.5 Å². The van der Waals surface area contributed by atoms with Crippen molar-refractivity contribution in [2.45, 2.75) is 64.2 Å². The number of rotatable bonds is 8. The van der Waals surface area contributed by atoms with E-state index in [9.17, 15) is 14.7 Å². The van der Waals surface area contributed by atoms with Crippen molar-refractivity contribution in [3.63, 3.8) is 0 Å². The first kappa shape index (κ1) is 27.1. The molecule has 0 radical (unpaired) electrons. The highest BCUT2D eigenvalue weighted by atomic mass is 16.4. The van der Waals surface area contributed by atoms with Crippen LogP contribution in [0, 0.1) is 5.92 Å². The average molecular weight is 503 g/mol. The molecular formula is C32H42N2O3. The minimum Gasteiger partial charge on any atom is -0.478 e. The van der Waals surface area contributed by atoms with Crippen LogP contribution in [0.2, 0.25) is 0 Å². The van der Waals surface area contributed by atoms with Gasteiger partial charge < -0.3 is 14.9 Å². The molecule has 0 aromatic heterocycles. The van der Waals surface area contributed by atoms with Crippen LogP contribution in [0.3, 0.4) is 0 Å². The Hall–Kier alpha value is -2.92. The van der Waals surface area contributed by atoms with Crippen molar-refractivity contribution in [1.29, 1.82) is 0 Å². The third-order valence-corrected chi connectivity index (χ3v) is 8.12. The fourth-order valence-electron chi connectivity index (χ4n) is 6.19. The number of piperidine rings is 1. The SMILES string of the molecule is CC(=Cc1cc(CC(=O)N(C)CC2CCCN(C)C2)c(-c2ccccc2)c(C2CCCCC2)c1)C(=O)O. The quantitative estimate of drug-likeness (QED) is 0.435. The number of nitrogens with zero attached hydrogens (tertiary/aromatic N) is 2. The normalized spacial score (nSPS) is 19.5. The van der Waals surface area contributed by atoms with Crippen molar-refractivity contribution in [1.82, 2.24) is 9.80 Å². The molecule has 1 heterocycles. The number of carboxylic acid groups (broad SMARTS) is 1. The number of likely N-dealkylation sites (N-methyl/N-ethyl adjacent to an activating group) is 1. The Kier molecular flexibility index (Phi) is 9.20. The Bertz CT molecular complexity index is 1120. The monoisotopic (exact) mass is 502 g/mol. The van der Waals surface area contributed by atoms with Crippen LogP contribution in [-0.2, 0) is 16.0 Å². The highest BCUT2D eigenvalue weighted by molar-refractivity contribution is 5.92. The lowest BCUT2D eigenvalue weighted by Crippen LogP contribution is -2.40. The topological polar surface area (TPSA) is 60.9 Å². The minimum atomic E-state index is -0.916. The smallest absolute Gasteiger partial charge is 0.331 e. The summed E-state index contributed by atoms with van der Waals surface area (Å²) >= 11 is 0. The Morgan fingerprint density at radius 1 is 1.05 bits per heavy atom. The van der Waals surface area contributed by atoms with Gasteiger partial charge in [0.1, 0.15) is 0 Å². The molecule has 0 spiro atoms. The second-order valence-electron chi connectivity index (χ2n) is 11.2. The molecule has 1 saturated carbocycles. The van der Waals surface area contributed by atoms with Crippen molar-refractivity contribution in [2.24, 2.45) is 5.92 Å². The largest absolute Gasteiger partial charge is 0.478 e. The van der Waals surface area contributed by atoms with Gasteiger partial charge in [-0.3, -0.25) is 4.79 Å². The number of carbonyl (C=O) groups is 2. The van der Waals surface area contributed by atoms with E-state index in [-0.39, 0.29) is 5.91 Å². The molecule has 1 saturated heterocycles. The van der Waals surface area contributed by atoms with Gasteiger partial charge in [-0.15, -0.1) is 0 Å². The Morgan fingerprint density at radius 2 is 1.78 bits per heavy atom. The van der Waals surface area contributed by atoms with Gasteiger partial charge in [-0.05, 0) is 91.9 Å². The van der Waals surface area contributed by atoms with E-state index in [1.807, 2.05) is 24.1 Å². The molecular weight excluding hydrogens is 460 g/mol. The molecule has 1 aliphatic carbocycles. The molecule has 2 aliphatic rings. The summed E-state index contributed by atoms with van der Waals surface area (Å²) in [4.78, 5) is 29.5. The van der Waals surface area contributed by atoms with Gasteiger partial charge >= 0.3 is 5.97 Å². The highest BCUT2D eigenvalue weighted by Crippen LogP contribution is 2.41. The van der Waals surface area contributed by atoms with Gasteiger partial charge in [-0.1, -0.05) is 61.7 Å². The Labute approximate surface area is 222 Å². The molecule has 1 N–H and O–H groups in total. The predicted molar refractivity (Wildman–Crippen MR) is 151 cm³/mol. The van der Waals surface area contributed by atoms with E-state index in [0.717, 1.165) is 61.2 Å². The lowest BCUT2D eigenvalue weighted by Gasteiger charge is -2.32. The van der Waals surface area contributed by atoms with Gasteiger partial charge in [-0.2, -0.15) is 0 Å². The standard InChI is InChI=1S/C32H42N2O3/c1-23(32(36)37)17-25-18-28(20-30(35)34(3)22-24-11-10-16-33(2)21-24)31(27-14-8-5-9-15-27)29(19-25)26-12-6-4-7-13-26/h5,8-9,14-15,17-19,24,26H,4,6-7,10-13,16,20-22H2,1-3H3,(H,36,37). The number of carboxylic acids is 1. The van der Waals surface area contributed by atoms with Crippen molar-refractivity contribution >= 4 is 18.0 Å². The van der Waals surface area contributed by atoms with Crippen molar-refractivity contribution < 1.29 is 14.7 Å². The fourth-order valence-corrected chi connectivity index (χ4v) is 6.19. The number of benzene rings is 2. The van der Waals surface area contributed by atoms with Crippen LogP contribution >= 0.6 is 0 Å². The zero-order chi connectivity index (χ0) is 26.4. The molecule has 2 aromatic carbocycles. The van der Waals surface area contributed by atoms with Gasteiger partial charge in [0.15, 0.2) is 0 Å². The van der Waals surface area contributed by atoms with Crippen LogP contribution in [0.1, 0.15) is 74.5 Å². The van der Waals surface area contributed by atoms with Crippen LogP contribution in [0.4, 0.5) is 0 Å². The average Bonchev–Trinajstić information content (AvgIpc) is 2.89. The molecule has 5 nitrogen and oxygen atoms in total. The first-order chi connectivity index (χ1) is 17.8. The van der Waals surface area contributed by atoms with Crippen molar-refractivity contribution in [3.05, 3.63) is 64.7 Å². The first-order valence-corrected chi connectivity index (χ1v) is 13.9. The predicted octanol–water partition coefficient (Wildman–Crippen LogP) is 6.23. The second-order valence-corrected chi connectivity index (χ2v) is 11.2. The molecule has 1 amide bonds. The maximum Gasteiger partial charge on any atom is 0.331 e. The summed E-state index contributed by atoms with van der Waals surface area (Å²) in [6.07, 6.45) is 10.4. The van der Waals surface area contributed by atoms with Gasteiger partial charge in [0.25, 0.3) is 0 Å². The summed E-state index contributed by atoms with van der Waals surface area (Å²) in [5, 5.41) is 9.52. The van der Waals surface area contributed by atoms with E-state index in [1.54, 1.807) is 13.0 Å². The lowest BCUT2D eigenvalue weighted by atomic mass is 9.78. The van der Waals surface area contributed by atoms with E-state index in [2.05, 4.69) is 42.3 Å². The van der Waals surface area contributed by atoms with Gasteiger partial charge in [0.2, 0.25) is 5.91 Å². The summed E-state index contributed by atoms with van der Waals surface area (Å²) in [5.74, 6) is 0.135. The summed E-state index contributed by atoms with van der Waals surface area (Å²) in [7, 11) is 4.09. The van der Waals surface area contributed by atoms with E-state index in [0.29, 0.717) is 23.8 Å². The fraction of sp³-hybridized carbons (Fsp3) is 0.500. The molecule has 4 rings (SSSR count). The molecule has 1 unspecified atom stereocenters. The first-order valence-electron chi connectivity index (χ1n) is 13.9. The van der Waals surface area contributed by atoms with Crippen LogP contribution < -0.4 is 0 Å². The summed E-state index contributed by atoms with van der Waals surface area (Å²) in [6.45, 7) is 4.58. The maximum atomic E-state index is 13.6. The zero-order valence-electron chi connectivity index (χ0n) is 22.7.